The molecule has 0 aliphatic rings. The quantitative estimate of drug-likeness (QED) is 0.652. The van der Waals surface area contributed by atoms with Crippen molar-refractivity contribution < 1.29 is 9.13 Å². The molecule has 0 bridgehead atoms. The van der Waals surface area contributed by atoms with Gasteiger partial charge < -0.3 is 15.0 Å². The Morgan fingerprint density at radius 1 is 1.31 bits per heavy atom. The molecule has 0 spiro atoms. The van der Waals surface area contributed by atoms with Crippen molar-refractivity contribution >= 4 is 39.2 Å². The molecule has 0 fully saturated rings. The first kappa shape index (κ1) is 18.3. The number of halogens is 1. The molecule has 0 saturated carbocycles. The molecule has 3 rings (SSSR count). The second-order valence-electron chi connectivity index (χ2n) is 5.45. The summed E-state index contributed by atoms with van der Waals surface area (Å²) >= 11 is 6.67. The number of hydrogen-bond acceptors (Lipinski definition) is 5. The van der Waals surface area contributed by atoms with E-state index in [0.29, 0.717) is 28.0 Å². The van der Waals surface area contributed by atoms with Gasteiger partial charge in [-0.3, -0.25) is 4.79 Å². The molecule has 3 aromatic rings. The summed E-state index contributed by atoms with van der Waals surface area (Å²) in [7, 11) is 1.63. The number of thiocarbonyl (C=S) groups is 1. The van der Waals surface area contributed by atoms with Gasteiger partial charge in [0.05, 0.1) is 23.8 Å². The molecule has 134 valence electrons. The number of methoxy groups -OCH3 is 1. The van der Waals surface area contributed by atoms with Gasteiger partial charge in [0, 0.05) is 6.54 Å². The van der Waals surface area contributed by atoms with Crippen molar-refractivity contribution in [1.82, 2.24) is 15.3 Å². The number of thioether (sulfide) groups is 1. The lowest BCUT2D eigenvalue weighted by atomic mass is 10.2. The molecule has 0 aliphatic heterocycles. The van der Waals surface area contributed by atoms with Crippen molar-refractivity contribution in [1.29, 1.82) is 0 Å². The first-order valence-corrected chi connectivity index (χ1v) is 9.16. The summed E-state index contributed by atoms with van der Waals surface area (Å²) in [5.74, 6) is 1.25. The topological polar surface area (TPSA) is 67.0 Å². The zero-order chi connectivity index (χ0) is 18.5. The van der Waals surface area contributed by atoms with E-state index in [4.69, 9.17) is 17.0 Å². The number of rotatable bonds is 5. The van der Waals surface area contributed by atoms with Gasteiger partial charge in [-0.15, -0.1) is 0 Å². The highest BCUT2D eigenvalue weighted by molar-refractivity contribution is 8.22. The highest BCUT2D eigenvalue weighted by Gasteiger charge is 2.07. The average Bonchev–Trinajstić information content (AvgIpc) is 2.65. The minimum Gasteiger partial charge on any atom is -0.497 e. The van der Waals surface area contributed by atoms with Crippen molar-refractivity contribution in [2.24, 2.45) is 0 Å². The van der Waals surface area contributed by atoms with Crippen LogP contribution in [0.1, 0.15) is 11.4 Å². The fraction of sp³-hybridized carbons (Fsp3) is 0.167. The van der Waals surface area contributed by atoms with Crippen LogP contribution in [0.4, 0.5) is 4.39 Å². The maximum Gasteiger partial charge on any atom is 0.258 e. The SMILES string of the molecule is COc1ccc(CNC(=S)SCc2nc3ccc(F)cc3c(=O)[nH]2)cc1. The van der Waals surface area contributed by atoms with Crippen LogP contribution in [0.3, 0.4) is 0 Å². The highest BCUT2D eigenvalue weighted by Crippen LogP contribution is 2.14. The molecule has 1 aromatic heterocycles. The Hall–Kier alpha value is -2.45. The molecule has 0 radical (unpaired) electrons. The van der Waals surface area contributed by atoms with E-state index >= 15 is 0 Å². The summed E-state index contributed by atoms with van der Waals surface area (Å²) in [6.07, 6.45) is 0. The van der Waals surface area contributed by atoms with Gasteiger partial charge in [0.25, 0.3) is 5.56 Å². The number of ether oxygens (including phenoxy) is 1. The van der Waals surface area contributed by atoms with Gasteiger partial charge in [-0.1, -0.05) is 36.1 Å². The lowest BCUT2D eigenvalue weighted by molar-refractivity contribution is 0.414. The van der Waals surface area contributed by atoms with Gasteiger partial charge in [-0.25, -0.2) is 9.37 Å². The zero-order valence-electron chi connectivity index (χ0n) is 13.9. The number of aromatic amines is 1. The Kier molecular flexibility index (Phi) is 5.85. The van der Waals surface area contributed by atoms with Crippen LogP contribution in [0.25, 0.3) is 10.9 Å². The van der Waals surface area contributed by atoms with Crippen molar-refractivity contribution in [3.63, 3.8) is 0 Å². The third-order valence-electron chi connectivity index (χ3n) is 3.65. The molecule has 0 saturated heterocycles. The first-order valence-electron chi connectivity index (χ1n) is 7.77. The predicted octanol–water partition coefficient (Wildman–Crippen LogP) is 3.38. The molecule has 1 heterocycles. The zero-order valence-corrected chi connectivity index (χ0v) is 15.5. The van der Waals surface area contributed by atoms with Crippen molar-refractivity contribution in [3.05, 3.63) is 70.0 Å². The largest absolute Gasteiger partial charge is 0.497 e. The molecule has 2 N–H and O–H groups in total. The first-order chi connectivity index (χ1) is 12.5. The van der Waals surface area contributed by atoms with Gasteiger partial charge in [-0.05, 0) is 35.9 Å². The van der Waals surface area contributed by atoms with Crippen LogP contribution in [-0.4, -0.2) is 21.4 Å². The Balaban J connectivity index is 1.58. The maximum atomic E-state index is 13.2. The summed E-state index contributed by atoms with van der Waals surface area (Å²) in [6, 6.07) is 11.7. The van der Waals surface area contributed by atoms with Gasteiger partial charge >= 0.3 is 0 Å². The molecule has 0 unspecified atom stereocenters. The van der Waals surface area contributed by atoms with E-state index in [1.807, 2.05) is 24.3 Å². The predicted molar refractivity (Wildman–Crippen MR) is 106 cm³/mol. The van der Waals surface area contributed by atoms with Crippen LogP contribution < -0.4 is 15.6 Å². The molecular weight excluding hydrogens is 373 g/mol. The van der Waals surface area contributed by atoms with E-state index in [1.165, 1.54) is 30.0 Å². The van der Waals surface area contributed by atoms with Crippen LogP contribution >= 0.6 is 24.0 Å². The number of H-pyrrole nitrogens is 1. The van der Waals surface area contributed by atoms with Crippen molar-refractivity contribution in [3.8, 4) is 5.75 Å². The van der Waals surface area contributed by atoms with Crippen LogP contribution in [0.15, 0.2) is 47.3 Å². The fourth-order valence-electron chi connectivity index (χ4n) is 2.33. The summed E-state index contributed by atoms with van der Waals surface area (Å²) in [5, 5.41) is 3.39. The van der Waals surface area contributed by atoms with Crippen LogP contribution in [-0.2, 0) is 12.3 Å². The summed E-state index contributed by atoms with van der Waals surface area (Å²) < 4.78 is 18.9. The van der Waals surface area contributed by atoms with Gasteiger partial charge in [0.15, 0.2) is 0 Å². The molecule has 0 amide bonds. The smallest absolute Gasteiger partial charge is 0.258 e. The Labute approximate surface area is 159 Å². The summed E-state index contributed by atoms with van der Waals surface area (Å²) in [4.78, 5) is 19.0. The van der Waals surface area contributed by atoms with E-state index in [-0.39, 0.29) is 10.9 Å². The number of nitrogens with zero attached hydrogens (tertiary/aromatic N) is 1. The average molecular weight is 389 g/mol. The molecule has 8 heteroatoms. The number of benzene rings is 2. The van der Waals surface area contributed by atoms with Crippen LogP contribution in [0.2, 0.25) is 0 Å². The van der Waals surface area contributed by atoms with E-state index in [1.54, 1.807) is 7.11 Å². The number of fused-ring (bicyclic) bond motifs is 1. The second-order valence-corrected chi connectivity index (χ2v) is 7.10. The van der Waals surface area contributed by atoms with Gasteiger partial charge in [0.2, 0.25) is 0 Å². The van der Waals surface area contributed by atoms with E-state index < -0.39 is 5.82 Å². The highest BCUT2D eigenvalue weighted by atomic mass is 32.2. The van der Waals surface area contributed by atoms with Gasteiger partial charge in [-0.2, -0.15) is 0 Å². The standard InChI is InChI=1S/C18H16FN3O2S2/c1-24-13-5-2-11(3-6-13)9-20-18(25)26-10-16-21-15-7-4-12(19)8-14(15)17(23)22-16/h2-8H,9-10H2,1H3,(H,20,25)(H,21,22,23). The molecule has 2 aromatic carbocycles. The number of hydrogen-bond donors (Lipinski definition) is 2. The molecule has 0 atom stereocenters. The number of nitrogens with one attached hydrogen (secondary N) is 2. The van der Waals surface area contributed by atoms with E-state index in [9.17, 15) is 9.18 Å². The second kappa shape index (κ2) is 8.29. The lowest BCUT2D eigenvalue weighted by Crippen LogP contribution is -2.18. The van der Waals surface area contributed by atoms with Crippen molar-refractivity contribution in [2.75, 3.05) is 7.11 Å². The normalized spacial score (nSPS) is 10.7. The third kappa shape index (κ3) is 4.59. The Bertz CT molecular complexity index is 990. The molecule has 26 heavy (non-hydrogen) atoms. The molecule has 5 nitrogen and oxygen atoms in total. The van der Waals surface area contributed by atoms with Crippen molar-refractivity contribution in [2.45, 2.75) is 12.3 Å². The Morgan fingerprint density at radius 3 is 2.81 bits per heavy atom. The molecular formula is C18H16FN3O2S2. The third-order valence-corrected chi connectivity index (χ3v) is 4.97. The molecule has 0 aliphatic carbocycles. The minimum atomic E-state index is -0.462. The van der Waals surface area contributed by atoms with Gasteiger partial charge in [0.1, 0.15) is 21.7 Å². The van der Waals surface area contributed by atoms with E-state index in [0.717, 1.165) is 11.3 Å². The number of aromatic nitrogens is 2. The maximum absolute atomic E-state index is 13.2. The summed E-state index contributed by atoms with van der Waals surface area (Å²) in [5.41, 5.74) is 1.18. The lowest BCUT2D eigenvalue weighted by Gasteiger charge is -2.08. The van der Waals surface area contributed by atoms with Crippen LogP contribution in [0, 0.1) is 5.82 Å². The van der Waals surface area contributed by atoms with Crippen LogP contribution in [0.5, 0.6) is 5.75 Å². The fourth-order valence-corrected chi connectivity index (χ4v) is 3.16. The Morgan fingerprint density at radius 2 is 2.08 bits per heavy atom. The minimum absolute atomic E-state index is 0.235. The van der Waals surface area contributed by atoms with E-state index in [2.05, 4.69) is 15.3 Å². The summed E-state index contributed by atoms with van der Waals surface area (Å²) in [6.45, 7) is 0.594. The monoisotopic (exact) mass is 389 g/mol.